The number of oxazole rings is 1. The Kier molecular flexibility index (Phi) is 5.37. The van der Waals surface area contributed by atoms with E-state index in [1.807, 2.05) is 29.8 Å². The average Bonchev–Trinajstić information content (AvgIpc) is 3.33. The molecule has 0 bridgehead atoms. The number of hydrogen-bond donors (Lipinski definition) is 0. The van der Waals surface area contributed by atoms with Gasteiger partial charge in [-0.3, -0.25) is 9.67 Å². The summed E-state index contributed by atoms with van der Waals surface area (Å²) in [7, 11) is 0. The van der Waals surface area contributed by atoms with Crippen molar-refractivity contribution in [1.29, 1.82) is 0 Å². The van der Waals surface area contributed by atoms with Crippen molar-refractivity contribution in [2.24, 2.45) is 0 Å². The van der Waals surface area contributed by atoms with Crippen LogP contribution in [0.5, 0.6) is 0 Å². The van der Waals surface area contributed by atoms with E-state index in [0.29, 0.717) is 5.89 Å². The topological polar surface area (TPSA) is 56.7 Å². The van der Waals surface area contributed by atoms with E-state index in [0.717, 1.165) is 39.3 Å². The minimum absolute atomic E-state index is 0. The van der Waals surface area contributed by atoms with Gasteiger partial charge in [-0.15, -0.1) is 23.8 Å². The molecule has 1 radical (unpaired) electrons. The van der Waals surface area contributed by atoms with Gasteiger partial charge in [-0.25, -0.2) is 4.98 Å². The van der Waals surface area contributed by atoms with Crippen LogP contribution in [0, 0.1) is 26.8 Å². The van der Waals surface area contributed by atoms with Gasteiger partial charge < -0.3 is 4.42 Å². The van der Waals surface area contributed by atoms with Crippen molar-refractivity contribution in [2.45, 2.75) is 20.8 Å². The van der Waals surface area contributed by atoms with Crippen molar-refractivity contribution in [3.8, 4) is 28.2 Å². The molecule has 30 heavy (non-hydrogen) atoms. The van der Waals surface area contributed by atoms with E-state index < -0.39 is 0 Å². The van der Waals surface area contributed by atoms with Crippen LogP contribution in [0.4, 0.5) is 0 Å². The smallest absolute Gasteiger partial charge is 0.180 e. The Labute approximate surface area is 188 Å². The molecule has 5 aromatic rings. The van der Waals surface area contributed by atoms with Crippen molar-refractivity contribution in [1.82, 2.24) is 19.7 Å². The van der Waals surface area contributed by atoms with Gasteiger partial charge in [0, 0.05) is 32.5 Å². The van der Waals surface area contributed by atoms with Crippen molar-refractivity contribution >= 4 is 11.1 Å². The average molecular weight is 572 g/mol. The number of fused-ring (bicyclic) bond motifs is 1. The van der Waals surface area contributed by atoms with Crippen LogP contribution >= 0.6 is 0 Å². The minimum atomic E-state index is 0. The molecule has 5 rings (SSSR count). The van der Waals surface area contributed by atoms with Gasteiger partial charge in [0.25, 0.3) is 0 Å². The van der Waals surface area contributed by atoms with Crippen LogP contribution in [0.15, 0.2) is 65.3 Å². The molecule has 6 heteroatoms. The van der Waals surface area contributed by atoms with Gasteiger partial charge in [-0.1, -0.05) is 30.3 Å². The zero-order valence-corrected chi connectivity index (χ0v) is 19.2. The standard InChI is InChI=1S/C24H19N4O.Ir/c1-15-11-20(18-7-5-4-6-8-18)12-16(2)23(15)28-24(25-14-26-28)19-9-10-22-21(13-19)27-17(3)29-22;/h4-8,10-14H,1-3H3;/q-1;. The fourth-order valence-corrected chi connectivity index (χ4v) is 3.79. The predicted molar refractivity (Wildman–Crippen MR) is 113 cm³/mol. The van der Waals surface area contributed by atoms with E-state index in [9.17, 15) is 0 Å². The van der Waals surface area contributed by atoms with Gasteiger partial charge in [0.15, 0.2) is 5.89 Å². The van der Waals surface area contributed by atoms with Crippen LogP contribution in [0.2, 0.25) is 0 Å². The Morgan fingerprint density at radius 2 is 1.67 bits per heavy atom. The Morgan fingerprint density at radius 1 is 0.933 bits per heavy atom. The number of rotatable bonds is 3. The van der Waals surface area contributed by atoms with Crippen LogP contribution < -0.4 is 0 Å². The van der Waals surface area contributed by atoms with Crippen LogP contribution in [-0.4, -0.2) is 19.7 Å². The second-order valence-electron chi connectivity index (χ2n) is 7.15. The molecule has 0 aliphatic carbocycles. The van der Waals surface area contributed by atoms with Crippen molar-refractivity contribution in [3.05, 3.63) is 84.0 Å². The van der Waals surface area contributed by atoms with E-state index in [1.165, 1.54) is 11.1 Å². The first kappa shape index (κ1) is 20.2. The van der Waals surface area contributed by atoms with Crippen LogP contribution in [0.1, 0.15) is 17.0 Å². The second kappa shape index (κ2) is 7.98. The first-order valence-corrected chi connectivity index (χ1v) is 9.46. The number of nitrogens with zero attached hydrogens (tertiary/aromatic N) is 4. The van der Waals surface area contributed by atoms with Crippen LogP contribution in [0.3, 0.4) is 0 Å². The number of hydrogen-bond acceptors (Lipinski definition) is 4. The molecule has 0 spiro atoms. The normalized spacial score (nSPS) is 10.9. The molecule has 2 aromatic heterocycles. The van der Waals surface area contributed by atoms with Gasteiger partial charge >= 0.3 is 0 Å². The van der Waals surface area contributed by atoms with Crippen molar-refractivity contribution in [3.63, 3.8) is 0 Å². The SMILES string of the molecule is Cc1nc2cc(-c3ncnn3-c3c(C)cc(-c4ccccc4)cc3C)[c-]cc2o1.[Ir]. The summed E-state index contributed by atoms with van der Waals surface area (Å²) in [6, 6.07) is 21.8. The molecular weight excluding hydrogens is 553 g/mol. The van der Waals surface area contributed by atoms with Gasteiger partial charge in [-0.2, -0.15) is 5.10 Å². The third-order valence-corrected chi connectivity index (χ3v) is 5.03. The third-order valence-electron chi connectivity index (χ3n) is 5.03. The molecule has 0 fully saturated rings. The summed E-state index contributed by atoms with van der Waals surface area (Å²) < 4.78 is 7.44. The Morgan fingerprint density at radius 3 is 2.40 bits per heavy atom. The maximum absolute atomic E-state index is 5.56. The number of benzene rings is 3. The molecule has 0 N–H and O–H groups in total. The maximum Gasteiger partial charge on any atom is 0.180 e. The van der Waals surface area contributed by atoms with Gasteiger partial charge in [-0.05, 0) is 48.2 Å². The van der Waals surface area contributed by atoms with E-state index in [2.05, 4.69) is 71.4 Å². The molecule has 3 aromatic carbocycles. The minimum Gasteiger partial charge on any atom is -0.488 e. The number of aromatic nitrogens is 4. The Bertz CT molecular complexity index is 1320. The fourth-order valence-electron chi connectivity index (χ4n) is 3.79. The fraction of sp³-hybridized carbons (Fsp3) is 0.125. The maximum atomic E-state index is 5.56. The van der Waals surface area contributed by atoms with E-state index in [1.54, 1.807) is 6.33 Å². The first-order valence-electron chi connectivity index (χ1n) is 9.46. The summed E-state index contributed by atoms with van der Waals surface area (Å²) in [5, 5.41) is 4.51. The van der Waals surface area contributed by atoms with Crippen molar-refractivity contribution in [2.75, 3.05) is 0 Å². The molecule has 0 amide bonds. The largest absolute Gasteiger partial charge is 0.488 e. The van der Waals surface area contributed by atoms with Gasteiger partial charge in [0.1, 0.15) is 6.33 Å². The molecule has 5 nitrogen and oxygen atoms in total. The summed E-state index contributed by atoms with van der Waals surface area (Å²) in [5.74, 6) is 1.36. The molecule has 0 unspecified atom stereocenters. The quantitative estimate of drug-likeness (QED) is 0.270. The summed E-state index contributed by atoms with van der Waals surface area (Å²) in [5.41, 5.74) is 8.02. The second-order valence-corrected chi connectivity index (χ2v) is 7.15. The Balaban J connectivity index is 0.00000218. The van der Waals surface area contributed by atoms with Crippen molar-refractivity contribution < 1.29 is 24.5 Å². The van der Waals surface area contributed by atoms with E-state index in [4.69, 9.17) is 4.42 Å². The summed E-state index contributed by atoms with van der Waals surface area (Å²) in [6.07, 6.45) is 1.57. The first-order chi connectivity index (χ1) is 14.1. The number of aryl methyl sites for hydroxylation is 3. The molecule has 0 aliphatic heterocycles. The van der Waals surface area contributed by atoms with Crippen LogP contribution in [0.25, 0.3) is 39.3 Å². The van der Waals surface area contributed by atoms with Crippen LogP contribution in [-0.2, 0) is 20.1 Å². The zero-order chi connectivity index (χ0) is 20.0. The summed E-state index contributed by atoms with van der Waals surface area (Å²) >= 11 is 0. The molecular formula is C24H19IrN4O-. The molecule has 151 valence electrons. The molecule has 0 saturated carbocycles. The molecule has 0 atom stereocenters. The molecule has 2 heterocycles. The van der Waals surface area contributed by atoms with E-state index >= 15 is 0 Å². The third kappa shape index (κ3) is 3.49. The van der Waals surface area contributed by atoms with Gasteiger partial charge in [0.2, 0.25) is 0 Å². The summed E-state index contributed by atoms with van der Waals surface area (Å²) in [6.45, 7) is 6.05. The monoisotopic (exact) mass is 572 g/mol. The van der Waals surface area contributed by atoms with E-state index in [-0.39, 0.29) is 20.1 Å². The zero-order valence-electron chi connectivity index (χ0n) is 16.8. The molecule has 0 aliphatic rings. The summed E-state index contributed by atoms with van der Waals surface area (Å²) in [4.78, 5) is 8.92. The Hall–Kier alpha value is -3.08. The molecule has 0 saturated heterocycles. The predicted octanol–water partition coefficient (Wildman–Crippen LogP) is 5.47. The van der Waals surface area contributed by atoms with Gasteiger partial charge in [0.05, 0.1) is 17.1 Å².